The Kier molecular flexibility index (Phi) is 9.69. The molecule has 0 bridgehead atoms. The van der Waals surface area contributed by atoms with Gasteiger partial charge in [0.15, 0.2) is 0 Å². The van der Waals surface area contributed by atoms with Crippen LogP contribution in [0.3, 0.4) is 0 Å². The van der Waals surface area contributed by atoms with Crippen molar-refractivity contribution in [3.05, 3.63) is 137 Å². The van der Waals surface area contributed by atoms with Gasteiger partial charge in [0.2, 0.25) is 0 Å². The number of hydrogen-bond acceptors (Lipinski definition) is 6. The van der Waals surface area contributed by atoms with E-state index in [4.69, 9.17) is 19.9 Å². The first-order chi connectivity index (χ1) is 19.0. The zero-order chi connectivity index (χ0) is 27.5. The van der Waals surface area contributed by atoms with E-state index in [2.05, 4.69) is 0 Å². The van der Waals surface area contributed by atoms with Gasteiger partial charge in [-0.15, -0.1) is 0 Å². The number of nitrogens with two attached hydrogens (primary N) is 1. The van der Waals surface area contributed by atoms with Crippen LogP contribution < -0.4 is 10.5 Å². The van der Waals surface area contributed by atoms with E-state index >= 15 is 0 Å². The van der Waals surface area contributed by atoms with Gasteiger partial charge in [0.1, 0.15) is 25.0 Å². The van der Waals surface area contributed by atoms with Gasteiger partial charge in [0, 0.05) is 18.7 Å². The summed E-state index contributed by atoms with van der Waals surface area (Å²) in [5.41, 5.74) is 10.3. The van der Waals surface area contributed by atoms with Crippen molar-refractivity contribution >= 4 is 12.1 Å². The maximum atomic E-state index is 13.2. The number of methoxy groups -OCH3 is 1. The largest absolute Gasteiger partial charge is 0.489 e. The van der Waals surface area contributed by atoms with E-state index < -0.39 is 18.1 Å². The summed E-state index contributed by atoms with van der Waals surface area (Å²) >= 11 is 0. The van der Waals surface area contributed by atoms with Crippen LogP contribution in [0.2, 0.25) is 0 Å². The molecule has 39 heavy (non-hydrogen) atoms. The van der Waals surface area contributed by atoms with Crippen LogP contribution in [-0.2, 0) is 40.6 Å². The van der Waals surface area contributed by atoms with Crippen molar-refractivity contribution in [1.82, 2.24) is 4.90 Å². The molecule has 4 aromatic rings. The average molecular weight is 525 g/mol. The van der Waals surface area contributed by atoms with Crippen LogP contribution in [0, 0.1) is 0 Å². The lowest BCUT2D eigenvalue weighted by Crippen LogP contribution is -2.31. The van der Waals surface area contributed by atoms with Crippen LogP contribution in [0.4, 0.5) is 4.79 Å². The maximum Gasteiger partial charge on any atom is 0.410 e. The lowest BCUT2D eigenvalue weighted by Gasteiger charge is -2.24. The highest BCUT2D eigenvalue weighted by Gasteiger charge is 2.23. The highest BCUT2D eigenvalue weighted by molar-refractivity contribution is 5.78. The molecule has 0 spiro atoms. The standard InChI is InChI=1S/C32H32N2O5/c1-37-31(35)30(33)28-19-27(17-18-29(28)38-22-25-13-7-3-8-14-25)21-34(20-24-11-5-2-6-12-24)32(36)39-23-26-15-9-4-10-16-26/h2-19,30H,20-23,33H2,1H3. The molecule has 0 aromatic heterocycles. The predicted molar refractivity (Wildman–Crippen MR) is 148 cm³/mol. The predicted octanol–water partition coefficient (Wildman–Crippen LogP) is 5.78. The van der Waals surface area contributed by atoms with Gasteiger partial charge in [0.25, 0.3) is 0 Å². The first kappa shape index (κ1) is 27.4. The summed E-state index contributed by atoms with van der Waals surface area (Å²) < 4.78 is 16.6. The Balaban J connectivity index is 1.56. The molecule has 2 N–H and O–H groups in total. The number of amides is 1. The maximum absolute atomic E-state index is 13.2. The molecule has 200 valence electrons. The Morgan fingerprint density at radius 1 is 0.718 bits per heavy atom. The molecular formula is C32H32N2O5. The summed E-state index contributed by atoms with van der Waals surface area (Å²) in [5, 5.41) is 0. The molecule has 0 heterocycles. The van der Waals surface area contributed by atoms with Crippen LogP contribution in [-0.4, -0.2) is 24.1 Å². The lowest BCUT2D eigenvalue weighted by molar-refractivity contribution is -0.142. The molecule has 0 aliphatic heterocycles. The molecule has 7 heteroatoms. The van der Waals surface area contributed by atoms with Gasteiger partial charge in [-0.3, -0.25) is 9.69 Å². The molecule has 0 saturated heterocycles. The fourth-order valence-electron chi connectivity index (χ4n) is 4.08. The van der Waals surface area contributed by atoms with E-state index in [1.54, 1.807) is 17.0 Å². The number of carbonyl (C=O) groups is 2. The minimum Gasteiger partial charge on any atom is -0.489 e. The Hall–Kier alpha value is -4.62. The van der Waals surface area contributed by atoms with Gasteiger partial charge >= 0.3 is 12.1 Å². The van der Waals surface area contributed by atoms with Gasteiger partial charge in [-0.2, -0.15) is 0 Å². The monoisotopic (exact) mass is 524 g/mol. The number of carbonyl (C=O) groups excluding carboxylic acids is 2. The van der Waals surface area contributed by atoms with Crippen LogP contribution >= 0.6 is 0 Å². The zero-order valence-electron chi connectivity index (χ0n) is 21.9. The first-order valence-electron chi connectivity index (χ1n) is 12.7. The summed E-state index contributed by atoms with van der Waals surface area (Å²) in [6.45, 7) is 1.06. The Morgan fingerprint density at radius 2 is 1.26 bits per heavy atom. The third kappa shape index (κ3) is 7.93. The third-order valence-corrected chi connectivity index (χ3v) is 6.15. The van der Waals surface area contributed by atoms with Crippen LogP contribution in [0.1, 0.15) is 33.9 Å². The number of benzene rings is 4. The summed E-state index contributed by atoms with van der Waals surface area (Å²) in [6.07, 6.45) is -0.453. The van der Waals surface area contributed by atoms with Gasteiger partial charge in [-0.05, 0) is 34.4 Å². The molecule has 7 nitrogen and oxygen atoms in total. The smallest absolute Gasteiger partial charge is 0.410 e. The van der Waals surface area contributed by atoms with Gasteiger partial charge < -0.3 is 19.9 Å². The van der Waals surface area contributed by atoms with Crippen LogP contribution in [0.15, 0.2) is 109 Å². The second kappa shape index (κ2) is 13.8. The minimum atomic E-state index is -1.05. The van der Waals surface area contributed by atoms with Crippen molar-refractivity contribution in [3.63, 3.8) is 0 Å². The van der Waals surface area contributed by atoms with E-state index in [0.717, 1.165) is 22.3 Å². The highest BCUT2D eigenvalue weighted by Crippen LogP contribution is 2.28. The number of nitrogens with zero attached hydrogens (tertiary/aromatic N) is 1. The van der Waals surface area contributed by atoms with Gasteiger partial charge in [-0.1, -0.05) is 97.1 Å². The van der Waals surface area contributed by atoms with Crippen molar-refractivity contribution in [3.8, 4) is 5.75 Å². The fourth-order valence-corrected chi connectivity index (χ4v) is 4.08. The Bertz CT molecular complexity index is 1350. The topological polar surface area (TPSA) is 91.1 Å². The Morgan fingerprint density at radius 3 is 1.85 bits per heavy atom. The summed E-state index contributed by atoms with van der Waals surface area (Å²) in [4.78, 5) is 27.2. The number of ether oxygens (including phenoxy) is 3. The van der Waals surface area contributed by atoms with E-state index in [-0.39, 0.29) is 13.2 Å². The second-order valence-electron chi connectivity index (χ2n) is 9.03. The third-order valence-electron chi connectivity index (χ3n) is 6.15. The van der Waals surface area contributed by atoms with E-state index in [0.29, 0.717) is 24.5 Å². The van der Waals surface area contributed by atoms with Gasteiger partial charge in [0.05, 0.1) is 7.11 Å². The molecule has 1 amide bonds. The molecule has 0 aliphatic rings. The normalized spacial score (nSPS) is 11.3. The summed E-state index contributed by atoms with van der Waals surface area (Å²) in [5.74, 6) is -0.109. The Labute approximate surface area is 228 Å². The summed E-state index contributed by atoms with van der Waals surface area (Å²) in [7, 11) is 1.29. The molecule has 1 atom stereocenters. The molecule has 0 radical (unpaired) electrons. The summed E-state index contributed by atoms with van der Waals surface area (Å²) in [6, 6.07) is 33.3. The number of esters is 1. The minimum absolute atomic E-state index is 0.162. The van der Waals surface area contributed by atoms with Gasteiger partial charge in [-0.25, -0.2) is 4.79 Å². The van der Waals surface area contributed by atoms with Crippen molar-refractivity contribution in [2.24, 2.45) is 5.73 Å². The van der Waals surface area contributed by atoms with Crippen molar-refractivity contribution in [2.45, 2.75) is 32.3 Å². The van der Waals surface area contributed by atoms with Crippen LogP contribution in [0.25, 0.3) is 0 Å². The zero-order valence-corrected chi connectivity index (χ0v) is 21.9. The molecule has 0 aliphatic carbocycles. The van der Waals surface area contributed by atoms with Crippen molar-refractivity contribution in [1.29, 1.82) is 0 Å². The number of rotatable bonds is 11. The molecule has 4 rings (SSSR count). The number of hydrogen-bond donors (Lipinski definition) is 1. The molecule has 0 saturated carbocycles. The van der Waals surface area contributed by atoms with E-state index in [1.807, 2.05) is 97.1 Å². The molecular weight excluding hydrogens is 492 g/mol. The van der Waals surface area contributed by atoms with Crippen LogP contribution in [0.5, 0.6) is 5.75 Å². The SMILES string of the molecule is COC(=O)C(N)c1cc(CN(Cc2ccccc2)C(=O)OCc2ccccc2)ccc1OCc1ccccc1. The highest BCUT2D eigenvalue weighted by atomic mass is 16.6. The molecule has 4 aromatic carbocycles. The lowest BCUT2D eigenvalue weighted by atomic mass is 10.0. The second-order valence-corrected chi connectivity index (χ2v) is 9.03. The van der Waals surface area contributed by atoms with Crippen molar-refractivity contribution in [2.75, 3.05) is 7.11 Å². The van der Waals surface area contributed by atoms with E-state index in [9.17, 15) is 9.59 Å². The van der Waals surface area contributed by atoms with Crippen molar-refractivity contribution < 1.29 is 23.8 Å². The fraction of sp³-hybridized carbons (Fsp3) is 0.188. The molecule has 1 unspecified atom stereocenters. The average Bonchev–Trinajstić information content (AvgIpc) is 2.99. The first-order valence-corrected chi connectivity index (χ1v) is 12.7. The van der Waals surface area contributed by atoms with E-state index in [1.165, 1.54) is 7.11 Å². The molecule has 0 fully saturated rings. The quantitative estimate of drug-likeness (QED) is 0.250.